The molecule has 0 bridgehead atoms. The zero-order valence-corrected chi connectivity index (χ0v) is 39.3. The van der Waals surface area contributed by atoms with Crippen LogP contribution in [0.4, 0.5) is 0 Å². The average molecular weight is 908 g/mol. The van der Waals surface area contributed by atoms with E-state index < -0.39 is 8.07 Å². The zero-order valence-electron chi connectivity index (χ0n) is 38.3. The van der Waals surface area contributed by atoms with Crippen LogP contribution in [0.25, 0.3) is 93.6 Å². The summed E-state index contributed by atoms with van der Waals surface area (Å²) in [4.78, 5) is 0. The van der Waals surface area contributed by atoms with E-state index >= 15 is 0 Å². The first-order chi connectivity index (χ1) is 34.8. The second-order valence-electron chi connectivity index (χ2n) is 18.4. The van der Waals surface area contributed by atoms with E-state index in [0.29, 0.717) is 0 Å². The molecule has 0 unspecified atom stereocenters. The molecule has 0 fully saturated rings. The maximum Gasteiger partial charge on any atom is 0.179 e. The molecule has 3 nitrogen and oxygen atoms in total. The minimum atomic E-state index is -2.81. The van der Waals surface area contributed by atoms with Gasteiger partial charge in [-0.3, -0.25) is 0 Å². The molecule has 0 N–H and O–H groups in total. The van der Waals surface area contributed by atoms with E-state index in [0.717, 1.165) is 28.1 Å². The Labute approximate surface area is 407 Å². The normalized spacial score (nSPS) is 12.0. The number of para-hydroxylation sites is 5. The van der Waals surface area contributed by atoms with Crippen molar-refractivity contribution in [1.82, 2.24) is 13.7 Å². The molecule has 0 saturated carbocycles. The molecule has 0 atom stereocenters. The summed E-state index contributed by atoms with van der Waals surface area (Å²) < 4.78 is 7.55. The number of nitrogens with zero attached hydrogens (tertiary/aromatic N) is 3. The Morgan fingerprint density at radius 3 is 1.07 bits per heavy atom. The number of aromatic nitrogens is 3. The van der Waals surface area contributed by atoms with E-state index in [1.54, 1.807) is 0 Å². The van der Waals surface area contributed by atoms with Gasteiger partial charge in [-0.05, 0) is 80.4 Å². The molecule has 14 aromatic rings. The van der Waals surface area contributed by atoms with E-state index in [9.17, 15) is 0 Å². The molecule has 14 rings (SSSR count). The van der Waals surface area contributed by atoms with Crippen LogP contribution in [-0.4, -0.2) is 21.8 Å². The van der Waals surface area contributed by atoms with Gasteiger partial charge in [-0.25, -0.2) is 0 Å². The first kappa shape index (κ1) is 40.1. The Morgan fingerprint density at radius 2 is 0.600 bits per heavy atom. The SMILES string of the molecule is c1ccc(-c2ccc(-n3c4c(-n5c6ccccc6c6ccccc65)cccc4c4cccc(-n5c6ccccc6c6cc([Si](c7ccccc7)(c7ccccc7)c7ccccc7)ccc65)c43)cc2)cc1. The van der Waals surface area contributed by atoms with Crippen molar-refractivity contribution in [2.45, 2.75) is 0 Å². The molecule has 3 aromatic heterocycles. The lowest BCUT2D eigenvalue weighted by molar-refractivity contribution is 1.11. The number of fused-ring (bicyclic) bond motifs is 9. The molecule has 0 aliphatic heterocycles. The van der Waals surface area contributed by atoms with Gasteiger partial charge in [-0.2, -0.15) is 0 Å². The van der Waals surface area contributed by atoms with Crippen molar-refractivity contribution in [1.29, 1.82) is 0 Å². The smallest absolute Gasteiger partial charge is 0.179 e. The summed E-state index contributed by atoms with van der Waals surface area (Å²) in [7, 11) is -2.81. The molecule has 0 saturated heterocycles. The predicted molar refractivity (Wildman–Crippen MR) is 299 cm³/mol. The van der Waals surface area contributed by atoms with Crippen LogP contribution in [0, 0.1) is 0 Å². The summed E-state index contributed by atoms with van der Waals surface area (Å²) >= 11 is 0. The third kappa shape index (κ3) is 5.94. The largest absolute Gasteiger partial charge is 0.307 e. The van der Waals surface area contributed by atoms with Crippen LogP contribution in [0.1, 0.15) is 0 Å². The fourth-order valence-electron chi connectivity index (χ4n) is 11.8. The molecule has 0 aliphatic carbocycles. The summed E-state index contributed by atoms with van der Waals surface area (Å²) in [6.45, 7) is 0. The van der Waals surface area contributed by atoms with Gasteiger partial charge < -0.3 is 13.7 Å². The highest BCUT2D eigenvalue weighted by Crippen LogP contribution is 2.43. The van der Waals surface area contributed by atoms with Crippen LogP contribution in [0.5, 0.6) is 0 Å². The lowest BCUT2D eigenvalue weighted by Gasteiger charge is -2.34. The highest BCUT2D eigenvalue weighted by atomic mass is 28.3. The van der Waals surface area contributed by atoms with Gasteiger partial charge in [0, 0.05) is 38.0 Å². The first-order valence-electron chi connectivity index (χ1n) is 24.2. The van der Waals surface area contributed by atoms with Gasteiger partial charge >= 0.3 is 0 Å². The number of benzene rings is 11. The average Bonchev–Trinajstić information content (AvgIpc) is 4.08. The number of hydrogen-bond donors (Lipinski definition) is 0. The minimum Gasteiger partial charge on any atom is -0.307 e. The molecular formula is C66H45N3Si. The van der Waals surface area contributed by atoms with Gasteiger partial charge in [-0.1, -0.05) is 224 Å². The van der Waals surface area contributed by atoms with E-state index in [-0.39, 0.29) is 0 Å². The quantitative estimate of drug-likeness (QED) is 0.107. The van der Waals surface area contributed by atoms with Gasteiger partial charge in [0.05, 0.1) is 44.5 Å². The van der Waals surface area contributed by atoms with Crippen molar-refractivity contribution in [3.05, 3.63) is 273 Å². The van der Waals surface area contributed by atoms with Gasteiger partial charge in [0.25, 0.3) is 0 Å². The molecule has 0 radical (unpaired) electrons. The van der Waals surface area contributed by atoms with E-state index in [1.165, 1.54) is 86.3 Å². The third-order valence-corrected chi connectivity index (χ3v) is 19.6. The zero-order chi connectivity index (χ0) is 46.2. The molecule has 0 aliphatic rings. The molecule has 3 heterocycles. The standard InChI is InChI=1S/C66H45N3Si/c1-5-21-46(22-6-1)47-39-41-48(42-40-47)67-65-56(32-19-37-63(65)68-59-34-16-13-29-53(59)54-30-14-17-35-60(54)68)57-33-20-38-64(66(57)67)69-61-36-18-15-31-55(61)58-45-52(43-44-62(58)69)70(49-23-7-2-8-24-49,50-25-9-3-10-26-50)51-27-11-4-12-28-51/h1-45H. The van der Waals surface area contributed by atoms with Crippen molar-refractivity contribution in [2.24, 2.45) is 0 Å². The van der Waals surface area contributed by atoms with Crippen LogP contribution in [0.15, 0.2) is 273 Å². The second-order valence-corrected chi connectivity index (χ2v) is 22.2. The van der Waals surface area contributed by atoms with Gasteiger partial charge in [0.2, 0.25) is 0 Å². The Morgan fingerprint density at radius 1 is 0.229 bits per heavy atom. The van der Waals surface area contributed by atoms with Crippen LogP contribution in [0.3, 0.4) is 0 Å². The summed E-state index contributed by atoms with van der Waals surface area (Å²) in [5, 5.41) is 12.8. The molecule has 0 amide bonds. The van der Waals surface area contributed by atoms with E-state index in [2.05, 4.69) is 287 Å². The van der Waals surface area contributed by atoms with Gasteiger partial charge in [0.15, 0.2) is 8.07 Å². The summed E-state index contributed by atoms with van der Waals surface area (Å²) in [5.41, 5.74) is 12.8. The van der Waals surface area contributed by atoms with Gasteiger partial charge in [-0.15, -0.1) is 0 Å². The Kier molecular flexibility index (Phi) is 9.23. The van der Waals surface area contributed by atoms with Crippen LogP contribution < -0.4 is 20.7 Å². The molecule has 4 heteroatoms. The lowest BCUT2D eigenvalue weighted by atomic mass is 10.1. The Hall–Kier alpha value is -8.96. The number of rotatable bonds is 8. The summed E-state index contributed by atoms with van der Waals surface area (Å²) in [5.74, 6) is 0. The fraction of sp³-hybridized carbons (Fsp3) is 0. The molecular weight excluding hydrogens is 863 g/mol. The maximum absolute atomic E-state index is 2.81. The van der Waals surface area contributed by atoms with Crippen LogP contribution in [0.2, 0.25) is 0 Å². The molecule has 0 spiro atoms. The lowest BCUT2D eigenvalue weighted by Crippen LogP contribution is -2.74. The highest BCUT2D eigenvalue weighted by Gasteiger charge is 2.41. The van der Waals surface area contributed by atoms with Crippen molar-refractivity contribution < 1.29 is 0 Å². The topological polar surface area (TPSA) is 14.8 Å². The highest BCUT2D eigenvalue weighted by molar-refractivity contribution is 7.20. The van der Waals surface area contributed by atoms with Crippen LogP contribution in [-0.2, 0) is 0 Å². The van der Waals surface area contributed by atoms with Crippen molar-refractivity contribution in [3.63, 3.8) is 0 Å². The molecule has 70 heavy (non-hydrogen) atoms. The Bertz CT molecular complexity index is 4110. The third-order valence-electron chi connectivity index (χ3n) is 14.8. The van der Waals surface area contributed by atoms with Crippen molar-refractivity contribution in [3.8, 4) is 28.2 Å². The monoisotopic (exact) mass is 907 g/mol. The maximum atomic E-state index is 2.54. The van der Waals surface area contributed by atoms with E-state index in [1.807, 2.05) is 0 Å². The van der Waals surface area contributed by atoms with E-state index in [4.69, 9.17) is 0 Å². The fourth-order valence-corrected chi connectivity index (χ4v) is 16.6. The van der Waals surface area contributed by atoms with Gasteiger partial charge in [0.1, 0.15) is 0 Å². The summed E-state index contributed by atoms with van der Waals surface area (Å²) in [6, 6.07) is 101. The number of hydrogen-bond acceptors (Lipinski definition) is 0. The minimum absolute atomic E-state index is 1.10. The first-order valence-corrected chi connectivity index (χ1v) is 26.2. The summed E-state index contributed by atoms with van der Waals surface area (Å²) in [6.07, 6.45) is 0. The predicted octanol–water partition coefficient (Wildman–Crippen LogP) is 14.0. The van der Waals surface area contributed by atoms with Crippen molar-refractivity contribution in [2.75, 3.05) is 0 Å². The Balaban J connectivity index is 1.09. The second kappa shape index (κ2) is 16.1. The van der Waals surface area contributed by atoms with Crippen LogP contribution >= 0.6 is 0 Å². The van der Waals surface area contributed by atoms with Crippen molar-refractivity contribution >= 4 is 94.2 Å². The molecule has 328 valence electrons. The molecule has 11 aromatic carbocycles.